The lowest BCUT2D eigenvalue weighted by Gasteiger charge is -2.15. The third-order valence-electron chi connectivity index (χ3n) is 4.03. The molecular weight excluding hydrogens is 495 g/mol. The highest BCUT2D eigenvalue weighted by molar-refractivity contribution is 14.0. The molecule has 10 heteroatoms. The van der Waals surface area contributed by atoms with E-state index in [1.165, 1.54) is 4.31 Å². The van der Waals surface area contributed by atoms with Gasteiger partial charge >= 0.3 is 0 Å². The summed E-state index contributed by atoms with van der Waals surface area (Å²) >= 11 is 0. The Morgan fingerprint density at radius 2 is 2.14 bits per heavy atom. The molecule has 0 atom stereocenters. The maximum Gasteiger partial charge on any atom is 0.214 e. The molecule has 2 N–H and O–H groups in total. The van der Waals surface area contributed by atoms with Gasteiger partial charge in [0.05, 0.1) is 18.9 Å². The van der Waals surface area contributed by atoms with Crippen LogP contribution in [0.4, 0.5) is 5.69 Å². The average Bonchev–Trinajstić information content (AvgIpc) is 2.98. The monoisotopic (exact) mass is 526 g/mol. The molecule has 1 aliphatic heterocycles. The van der Waals surface area contributed by atoms with E-state index in [4.69, 9.17) is 9.47 Å². The number of nitrogens with zero attached hydrogens (tertiary/aromatic N) is 2. The van der Waals surface area contributed by atoms with Crippen molar-refractivity contribution in [1.82, 2.24) is 9.62 Å². The van der Waals surface area contributed by atoms with Crippen molar-refractivity contribution in [2.45, 2.75) is 19.8 Å². The number of rotatable bonds is 10. The molecule has 8 nitrogen and oxygen atoms in total. The first-order valence-electron chi connectivity index (χ1n) is 9.30. The van der Waals surface area contributed by atoms with Crippen molar-refractivity contribution in [3.63, 3.8) is 0 Å². The van der Waals surface area contributed by atoms with Crippen LogP contribution in [0.15, 0.2) is 29.3 Å². The number of ether oxygens (including phenoxy) is 2. The zero-order valence-corrected chi connectivity index (χ0v) is 19.7. The molecule has 2 rings (SSSR count). The molecule has 1 aromatic rings. The van der Waals surface area contributed by atoms with Crippen molar-refractivity contribution in [2.75, 3.05) is 57.6 Å². The van der Waals surface area contributed by atoms with Crippen molar-refractivity contribution >= 4 is 45.6 Å². The molecule has 0 saturated carbocycles. The molecule has 160 valence electrons. The Bertz CT molecular complexity index is 715. The highest BCUT2D eigenvalue weighted by Crippen LogP contribution is 2.17. The molecule has 1 aromatic carbocycles. The first-order chi connectivity index (χ1) is 13.0. The second-order valence-electron chi connectivity index (χ2n) is 6.18. The van der Waals surface area contributed by atoms with Crippen LogP contribution in [0.25, 0.3) is 0 Å². The second-order valence-corrected chi connectivity index (χ2v) is 8.27. The van der Waals surface area contributed by atoms with Crippen LogP contribution in [0.3, 0.4) is 0 Å². The maximum absolute atomic E-state index is 11.8. The van der Waals surface area contributed by atoms with Crippen molar-refractivity contribution in [3.05, 3.63) is 24.3 Å². The van der Waals surface area contributed by atoms with E-state index in [-0.39, 0.29) is 29.7 Å². The average molecular weight is 526 g/mol. The number of aliphatic imine (C=N–C) groups is 1. The van der Waals surface area contributed by atoms with E-state index in [0.29, 0.717) is 51.8 Å². The number of halogens is 1. The largest absolute Gasteiger partial charge is 0.493 e. The summed E-state index contributed by atoms with van der Waals surface area (Å²) in [7, 11) is -1.41. The number of nitrogens with one attached hydrogen (secondary N) is 2. The fourth-order valence-electron chi connectivity index (χ4n) is 2.72. The Hall–Kier alpha value is -1.11. The van der Waals surface area contributed by atoms with Crippen molar-refractivity contribution in [1.29, 1.82) is 0 Å². The third-order valence-corrected chi connectivity index (χ3v) is 5.98. The lowest BCUT2D eigenvalue weighted by molar-refractivity contribution is 0.172. The minimum absolute atomic E-state index is 0. The van der Waals surface area contributed by atoms with Gasteiger partial charge in [0.15, 0.2) is 5.96 Å². The molecule has 1 saturated heterocycles. The molecular formula is C18H31IN4O4S. The molecule has 1 heterocycles. The number of hydrogen-bond acceptors (Lipinski definition) is 5. The van der Waals surface area contributed by atoms with Crippen LogP contribution < -0.4 is 15.4 Å². The molecule has 28 heavy (non-hydrogen) atoms. The zero-order valence-electron chi connectivity index (χ0n) is 16.5. The molecule has 0 unspecified atom stereocenters. The number of guanidine groups is 1. The normalized spacial score (nSPS) is 16.4. The Labute approximate surface area is 185 Å². The smallest absolute Gasteiger partial charge is 0.214 e. The second kappa shape index (κ2) is 13.2. The van der Waals surface area contributed by atoms with E-state index in [0.717, 1.165) is 17.9 Å². The van der Waals surface area contributed by atoms with Crippen molar-refractivity contribution in [2.24, 2.45) is 4.99 Å². The SMILES string of the molecule is CCNC(=NCCN1CCCS1(=O)=O)Nc1cccc(OCCCOC)c1.I. The van der Waals surface area contributed by atoms with E-state index in [1.54, 1.807) is 7.11 Å². The van der Waals surface area contributed by atoms with Crippen molar-refractivity contribution in [3.8, 4) is 5.75 Å². The lowest BCUT2D eigenvalue weighted by atomic mass is 10.3. The van der Waals surface area contributed by atoms with Gasteiger partial charge in [0.25, 0.3) is 0 Å². The Kier molecular flexibility index (Phi) is 11.7. The molecule has 1 fully saturated rings. The van der Waals surface area contributed by atoms with Crippen LogP contribution in [-0.2, 0) is 14.8 Å². The first kappa shape index (κ1) is 24.9. The Morgan fingerprint density at radius 3 is 2.82 bits per heavy atom. The zero-order chi connectivity index (χ0) is 19.5. The van der Waals surface area contributed by atoms with Crippen molar-refractivity contribution < 1.29 is 17.9 Å². The van der Waals surface area contributed by atoms with Crippen LogP contribution in [0, 0.1) is 0 Å². The van der Waals surface area contributed by atoms with Crippen LogP contribution in [0.5, 0.6) is 5.75 Å². The van der Waals surface area contributed by atoms with Crippen LogP contribution in [0.2, 0.25) is 0 Å². The third kappa shape index (κ3) is 8.50. The van der Waals surface area contributed by atoms with Crippen LogP contribution in [0.1, 0.15) is 19.8 Å². The highest BCUT2D eigenvalue weighted by atomic mass is 127. The van der Waals surface area contributed by atoms with Gasteiger partial charge in [-0.25, -0.2) is 12.7 Å². The fraction of sp³-hybridized carbons (Fsp3) is 0.611. The molecule has 1 aliphatic rings. The number of hydrogen-bond donors (Lipinski definition) is 2. The molecule has 0 aromatic heterocycles. The predicted molar refractivity (Wildman–Crippen MR) is 123 cm³/mol. The molecule has 0 radical (unpaired) electrons. The minimum Gasteiger partial charge on any atom is -0.493 e. The summed E-state index contributed by atoms with van der Waals surface area (Å²) in [6.07, 6.45) is 1.53. The Morgan fingerprint density at radius 1 is 1.32 bits per heavy atom. The number of benzene rings is 1. The van der Waals surface area contributed by atoms with E-state index >= 15 is 0 Å². The Balaban J connectivity index is 0.00000392. The summed E-state index contributed by atoms with van der Waals surface area (Å²) in [6.45, 7) is 5.35. The van der Waals surface area contributed by atoms with Gasteiger partial charge < -0.3 is 20.1 Å². The molecule has 0 amide bonds. The topological polar surface area (TPSA) is 92.3 Å². The fourth-order valence-corrected chi connectivity index (χ4v) is 4.24. The summed E-state index contributed by atoms with van der Waals surface area (Å²) in [6, 6.07) is 7.65. The minimum atomic E-state index is -3.08. The summed E-state index contributed by atoms with van der Waals surface area (Å²) < 4.78 is 35.9. The first-order valence-corrected chi connectivity index (χ1v) is 10.9. The van der Waals surface area contributed by atoms with Crippen LogP contribution >= 0.6 is 24.0 Å². The van der Waals surface area contributed by atoms with Gasteiger partial charge in [-0.1, -0.05) is 6.07 Å². The van der Waals surface area contributed by atoms with E-state index < -0.39 is 10.0 Å². The van der Waals surface area contributed by atoms with Crippen LogP contribution in [-0.4, -0.2) is 70.9 Å². The standard InChI is InChI=1S/C18H30N4O4S.HI/c1-3-19-18(20-9-11-22-10-5-14-27(22,23)24)21-16-7-4-8-17(15-16)26-13-6-12-25-2;/h4,7-8,15H,3,5-6,9-14H2,1-2H3,(H2,19,20,21);1H. The maximum atomic E-state index is 11.8. The number of methoxy groups -OCH3 is 1. The van der Waals surface area contributed by atoms with Gasteiger partial charge in [0, 0.05) is 51.5 Å². The van der Waals surface area contributed by atoms with E-state index in [1.807, 2.05) is 31.2 Å². The summed E-state index contributed by atoms with van der Waals surface area (Å²) in [4.78, 5) is 4.48. The molecule has 0 spiro atoms. The lowest BCUT2D eigenvalue weighted by Crippen LogP contribution is -2.33. The number of anilines is 1. The summed E-state index contributed by atoms with van der Waals surface area (Å²) in [5.74, 6) is 1.63. The summed E-state index contributed by atoms with van der Waals surface area (Å²) in [5, 5.41) is 6.40. The molecule has 0 bridgehead atoms. The van der Waals surface area contributed by atoms with Gasteiger partial charge in [-0.05, 0) is 25.5 Å². The van der Waals surface area contributed by atoms with Gasteiger partial charge in [0.1, 0.15) is 5.75 Å². The van der Waals surface area contributed by atoms with Gasteiger partial charge in [-0.2, -0.15) is 0 Å². The molecule has 0 aliphatic carbocycles. The van der Waals surface area contributed by atoms with E-state index in [9.17, 15) is 8.42 Å². The van der Waals surface area contributed by atoms with Gasteiger partial charge in [-0.3, -0.25) is 4.99 Å². The highest BCUT2D eigenvalue weighted by Gasteiger charge is 2.27. The quantitative estimate of drug-likeness (QED) is 0.210. The van der Waals surface area contributed by atoms with E-state index in [2.05, 4.69) is 15.6 Å². The van der Waals surface area contributed by atoms with Gasteiger partial charge in [-0.15, -0.1) is 24.0 Å². The number of sulfonamides is 1. The summed E-state index contributed by atoms with van der Waals surface area (Å²) in [5.41, 5.74) is 0.854. The predicted octanol–water partition coefficient (Wildman–Crippen LogP) is 2.13. The van der Waals surface area contributed by atoms with Gasteiger partial charge in [0.2, 0.25) is 10.0 Å².